The van der Waals surface area contributed by atoms with E-state index in [1.165, 1.54) is 6.42 Å². The van der Waals surface area contributed by atoms with E-state index < -0.39 is 6.10 Å². The molecule has 1 saturated heterocycles. The zero-order valence-corrected chi connectivity index (χ0v) is 13.3. The minimum atomic E-state index is -0.599. The minimum absolute atomic E-state index is 0.119. The first-order valence-corrected chi connectivity index (χ1v) is 7.95. The van der Waals surface area contributed by atoms with Crippen LogP contribution in [0.2, 0.25) is 0 Å². The predicted molar refractivity (Wildman–Crippen MR) is 81.2 cm³/mol. The molecule has 0 saturated carbocycles. The Kier molecular flexibility index (Phi) is 9.58. The molecule has 0 bridgehead atoms. The second-order valence-corrected chi connectivity index (χ2v) is 5.72. The molecule has 1 atom stereocenters. The SMILES string of the molecule is CC(C)OCCOCC(O)CNCC(=O)N1CCCCC1. The highest BCUT2D eigenvalue weighted by atomic mass is 16.5. The molecule has 0 aliphatic carbocycles. The van der Waals surface area contributed by atoms with Crippen LogP contribution in [0.3, 0.4) is 0 Å². The van der Waals surface area contributed by atoms with Crippen molar-refractivity contribution in [2.24, 2.45) is 0 Å². The van der Waals surface area contributed by atoms with Crippen LogP contribution in [-0.4, -0.2) is 74.1 Å². The molecule has 6 nitrogen and oxygen atoms in total. The Morgan fingerprint density at radius 3 is 2.62 bits per heavy atom. The van der Waals surface area contributed by atoms with E-state index in [4.69, 9.17) is 9.47 Å². The fourth-order valence-corrected chi connectivity index (χ4v) is 2.22. The van der Waals surface area contributed by atoms with Crippen LogP contribution in [-0.2, 0) is 14.3 Å². The van der Waals surface area contributed by atoms with Crippen molar-refractivity contribution in [2.45, 2.75) is 45.3 Å². The van der Waals surface area contributed by atoms with Crippen molar-refractivity contribution in [2.75, 3.05) is 46.0 Å². The molecule has 1 amide bonds. The summed E-state index contributed by atoms with van der Waals surface area (Å²) in [5, 5.41) is 12.7. The highest BCUT2D eigenvalue weighted by Gasteiger charge is 2.16. The molecule has 0 aromatic rings. The van der Waals surface area contributed by atoms with Crippen molar-refractivity contribution < 1.29 is 19.4 Å². The van der Waals surface area contributed by atoms with E-state index in [9.17, 15) is 9.90 Å². The van der Waals surface area contributed by atoms with Gasteiger partial charge in [-0.25, -0.2) is 0 Å². The van der Waals surface area contributed by atoms with Crippen LogP contribution in [0, 0.1) is 0 Å². The molecular formula is C15H30N2O4. The molecule has 124 valence electrons. The highest BCUT2D eigenvalue weighted by Crippen LogP contribution is 2.08. The average molecular weight is 302 g/mol. The number of aliphatic hydroxyl groups is 1. The maximum atomic E-state index is 11.9. The zero-order valence-electron chi connectivity index (χ0n) is 13.3. The monoisotopic (exact) mass is 302 g/mol. The molecule has 2 N–H and O–H groups in total. The number of carbonyl (C=O) groups excluding carboxylic acids is 1. The van der Waals surface area contributed by atoms with Crippen LogP contribution in [0.5, 0.6) is 0 Å². The first-order chi connectivity index (χ1) is 10.1. The van der Waals surface area contributed by atoms with Crippen molar-refractivity contribution in [1.82, 2.24) is 10.2 Å². The van der Waals surface area contributed by atoms with Crippen LogP contribution in [0.1, 0.15) is 33.1 Å². The molecule has 0 aromatic carbocycles. The molecular weight excluding hydrogens is 272 g/mol. The van der Waals surface area contributed by atoms with E-state index in [1.807, 2.05) is 18.7 Å². The topological polar surface area (TPSA) is 71.0 Å². The van der Waals surface area contributed by atoms with Gasteiger partial charge in [0.1, 0.15) is 0 Å². The fraction of sp³-hybridized carbons (Fsp3) is 0.933. The largest absolute Gasteiger partial charge is 0.389 e. The molecule has 1 aliphatic rings. The lowest BCUT2D eigenvalue weighted by molar-refractivity contribution is -0.131. The number of rotatable bonds is 10. The molecule has 1 fully saturated rings. The minimum Gasteiger partial charge on any atom is -0.389 e. The maximum absolute atomic E-state index is 11.9. The molecule has 1 rings (SSSR count). The summed E-state index contributed by atoms with van der Waals surface area (Å²) in [5.74, 6) is 0.119. The number of hydrogen-bond acceptors (Lipinski definition) is 5. The lowest BCUT2D eigenvalue weighted by Gasteiger charge is -2.27. The lowest BCUT2D eigenvalue weighted by Crippen LogP contribution is -2.43. The molecule has 1 heterocycles. The Morgan fingerprint density at radius 1 is 1.24 bits per heavy atom. The second kappa shape index (κ2) is 11.0. The van der Waals surface area contributed by atoms with Gasteiger partial charge in [0.2, 0.25) is 5.91 Å². The Hall–Kier alpha value is -0.690. The van der Waals surface area contributed by atoms with Crippen LogP contribution in [0.4, 0.5) is 0 Å². The van der Waals surface area contributed by atoms with Crippen LogP contribution >= 0.6 is 0 Å². The summed E-state index contributed by atoms with van der Waals surface area (Å²) in [4.78, 5) is 13.8. The molecule has 6 heteroatoms. The molecule has 1 unspecified atom stereocenters. The number of nitrogens with zero attached hydrogens (tertiary/aromatic N) is 1. The van der Waals surface area contributed by atoms with Crippen molar-refractivity contribution in [3.05, 3.63) is 0 Å². The predicted octanol–water partition coefficient (Wildman–Crippen LogP) is 0.391. The summed E-state index contributed by atoms with van der Waals surface area (Å²) < 4.78 is 10.6. The molecule has 1 aliphatic heterocycles. The number of ether oxygens (including phenoxy) is 2. The average Bonchev–Trinajstić information content (AvgIpc) is 2.47. The van der Waals surface area contributed by atoms with Gasteiger partial charge in [0.25, 0.3) is 0 Å². The Morgan fingerprint density at radius 2 is 1.95 bits per heavy atom. The summed E-state index contributed by atoms with van der Waals surface area (Å²) in [6.45, 7) is 7.58. The number of nitrogens with one attached hydrogen (secondary N) is 1. The van der Waals surface area contributed by atoms with Gasteiger partial charge < -0.3 is 24.8 Å². The normalized spacial score (nSPS) is 17.2. The quantitative estimate of drug-likeness (QED) is 0.571. The van der Waals surface area contributed by atoms with E-state index in [1.54, 1.807) is 0 Å². The Bertz CT molecular complexity index is 281. The van der Waals surface area contributed by atoms with Crippen molar-refractivity contribution in [3.63, 3.8) is 0 Å². The molecule has 21 heavy (non-hydrogen) atoms. The zero-order chi connectivity index (χ0) is 15.5. The summed E-state index contributed by atoms with van der Waals surface area (Å²) in [5.41, 5.74) is 0. The van der Waals surface area contributed by atoms with E-state index >= 15 is 0 Å². The molecule has 0 aromatic heterocycles. The van der Waals surface area contributed by atoms with Gasteiger partial charge in [-0.3, -0.25) is 4.79 Å². The lowest BCUT2D eigenvalue weighted by atomic mass is 10.1. The summed E-state index contributed by atoms with van der Waals surface area (Å²) in [6, 6.07) is 0. The van der Waals surface area contributed by atoms with Gasteiger partial charge in [-0.15, -0.1) is 0 Å². The van der Waals surface area contributed by atoms with E-state index in [0.29, 0.717) is 19.8 Å². The Labute approximate surface area is 127 Å². The third-order valence-electron chi connectivity index (χ3n) is 3.35. The maximum Gasteiger partial charge on any atom is 0.236 e. The van der Waals surface area contributed by atoms with E-state index in [0.717, 1.165) is 25.9 Å². The van der Waals surface area contributed by atoms with E-state index in [2.05, 4.69) is 5.32 Å². The van der Waals surface area contributed by atoms with E-state index in [-0.39, 0.29) is 25.2 Å². The number of amides is 1. The van der Waals surface area contributed by atoms with Crippen LogP contribution < -0.4 is 5.32 Å². The number of carbonyl (C=O) groups is 1. The van der Waals surface area contributed by atoms with Crippen molar-refractivity contribution >= 4 is 5.91 Å². The van der Waals surface area contributed by atoms with Gasteiger partial charge >= 0.3 is 0 Å². The van der Waals surface area contributed by atoms with Gasteiger partial charge in [0.05, 0.1) is 38.6 Å². The number of hydrogen-bond donors (Lipinski definition) is 2. The fourth-order valence-electron chi connectivity index (χ4n) is 2.22. The summed E-state index contributed by atoms with van der Waals surface area (Å²) in [7, 11) is 0. The van der Waals surface area contributed by atoms with Crippen molar-refractivity contribution in [3.8, 4) is 0 Å². The summed E-state index contributed by atoms with van der Waals surface area (Å²) in [6.07, 6.45) is 3.01. The van der Waals surface area contributed by atoms with Gasteiger partial charge in [-0.2, -0.15) is 0 Å². The van der Waals surface area contributed by atoms with Gasteiger partial charge in [0.15, 0.2) is 0 Å². The van der Waals surface area contributed by atoms with Gasteiger partial charge in [0, 0.05) is 19.6 Å². The molecule has 0 spiro atoms. The van der Waals surface area contributed by atoms with Crippen LogP contribution in [0.25, 0.3) is 0 Å². The summed E-state index contributed by atoms with van der Waals surface area (Å²) >= 11 is 0. The first kappa shape index (κ1) is 18.4. The number of likely N-dealkylation sites (tertiary alicyclic amines) is 1. The van der Waals surface area contributed by atoms with Crippen LogP contribution in [0.15, 0.2) is 0 Å². The van der Waals surface area contributed by atoms with Gasteiger partial charge in [-0.1, -0.05) is 0 Å². The third kappa shape index (κ3) is 9.03. The standard InChI is InChI=1S/C15H30N2O4/c1-13(2)21-9-8-20-12-14(18)10-16-11-15(19)17-6-4-3-5-7-17/h13-14,16,18H,3-12H2,1-2H3. The number of aliphatic hydroxyl groups excluding tert-OH is 1. The molecule has 0 radical (unpaired) electrons. The Balaban J connectivity index is 1.97. The van der Waals surface area contributed by atoms with Gasteiger partial charge in [-0.05, 0) is 33.1 Å². The second-order valence-electron chi connectivity index (χ2n) is 5.72. The number of piperidine rings is 1. The highest BCUT2D eigenvalue weighted by molar-refractivity contribution is 5.78. The smallest absolute Gasteiger partial charge is 0.236 e. The third-order valence-corrected chi connectivity index (χ3v) is 3.35. The first-order valence-electron chi connectivity index (χ1n) is 7.95. The van der Waals surface area contributed by atoms with Crippen molar-refractivity contribution in [1.29, 1.82) is 0 Å².